The van der Waals surface area contributed by atoms with Crippen molar-refractivity contribution in [3.63, 3.8) is 0 Å². The summed E-state index contributed by atoms with van der Waals surface area (Å²) in [4.78, 5) is 24.6. The monoisotopic (exact) mass is 332 g/mol. The standard InChI is InChI=1S/C17H20N2O3S/c1-12-5-3-4-6-14(12)23-10-16(21)22-9-15(20)19-17(2,11-18)13-7-8-13/h3-6,13H,7-10H2,1-2H3,(H,19,20)/t17-/m1/s1. The first-order valence-electron chi connectivity index (χ1n) is 7.51. The molecule has 0 aromatic heterocycles. The van der Waals surface area contributed by atoms with Gasteiger partial charge in [0.1, 0.15) is 5.54 Å². The van der Waals surface area contributed by atoms with E-state index in [0.29, 0.717) is 0 Å². The van der Waals surface area contributed by atoms with Gasteiger partial charge in [-0.1, -0.05) is 18.2 Å². The molecule has 1 atom stereocenters. The lowest BCUT2D eigenvalue weighted by Crippen LogP contribution is -2.48. The summed E-state index contributed by atoms with van der Waals surface area (Å²) in [6.07, 6.45) is 1.88. The largest absolute Gasteiger partial charge is 0.455 e. The molecule has 0 spiro atoms. The predicted molar refractivity (Wildman–Crippen MR) is 87.7 cm³/mol. The van der Waals surface area contributed by atoms with E-state index in [1.54, 1.807) is 6.92 Å². The van der Waals surface area contributed by atoms with Crippen LogP contribution in [-0.4, -0.2) is 29.8 Å². The van der Waals surface area contributed by atoms with Gasteiger partial charge in [-0.25, -0.2) is 0 Å². The first-order valence-corrected chi connectivity index (χ1v) is 8.49. The number of hydrogen-bond acceptors (Lipinski definition) is 5. The van der Waals surface area contributed by atoms with Crippen LogP contribution in [0.1, 0.15) is 25.3 Å². The van der Waals surface area contributed by atoms with Crippen molar-refractivity contribution in [1.82, 2.24) is 5.32 Å². The molecule has 0 radical (unpaired) electrons. The second-order valence-electron chi connectivity index (χ2n) is 5.85. The average molecular weight is 332 g/mol. The predicted octanol–water partition coefficient (Wildman–Crippen LogP) is 2.44. The molecule has 122 valence electrons. The van der Waals surface area contributed by atoms with E-state index in [1.807, 2.05) is 31.2 Å². The molecule has 1 saturated carbocycles. The summed E-state index contributed by atoms with van der Waals surface area (Å²) in [5, 5.41) is 11.8. The summed E-state index contributed by atoms with van der Waals surface area (Å²) in [6, 6.07) is 9.90. The van der Waals surface area contributed by atoms with Crippen molar-refractivity contribution in [1.29, 1.82) is 5.26 Å². The molecule has 5 nitrogen and oxygen atoms in total. The smallest absolute Gasteiger partial charge is 0.316 e. The van der Waals surface area contributed by atoms with Crippen LogP contribution in [0.15, 0.2) is 29.2 Å². The number of nitrogens with one attached hydrogen (secondary N) is 1. The van der Waals surface area contributed by atoms with Gasteiger partial charge in [-0.15, -0.1) is 11.8 Å². The number of carbonyl (C=O) groups excluding carboxylic acids is 2. The fraction of sp³-hybridized carbons (Fsp3) is 0.471. The van der Waals surface area contributed by atoms with Crippen molar-refractivity contribution in [2.24, 2.45) is 5.92 Å². The number of aryl methyl sites for hydroxylation is 1. The maximum absolute atomic E-state index is 11.8. The molecule has 1 aromatic carbocycles. The molecule has 1 aromatic rings. The molecule has 0 saturated heterocycles. The molecule has 1 aliphatic rings. The molecule has 0 heterocycles. The number of rotatable bonds is 7. The molecule has 1 fully saturated rings. The van der Waals surface area contributed by atoms with Crippen LogP contribution in [0, 0.1) is 24.2 Å². The minimum atomic E-state index is -0.862. The van der Waals surface area contributed by atoms with E-state index in [-0.39, 0.29) is 18.3 Å². The Morgan fingerprint density at radius 3 is 2.74 bits per heavy atom. The van der Waals surface area contributed by atoms with E-state index >= 15 is 0 Å². The molecular weight excluding hydrogens is 312 g/mol. The summed E-state index contributed by atoms with van der Waals surface area (Å²) in [6.45, 7) is 3.33. The Bertz CT molecular complexity index is 637. The SMILES string of the molecule is Cc1ccccc1SCC(=O)OCC(=O)N[C@](C)(C#N)C1CC1. The van der Waals surface area contributed by atoms with Gasteiger partial charge in [0.25, 0.3) is 5.91 Å². The van der Waals surface area contributed by atoms with Gasteiger partial charge in [-0.3, -0.25) is 9.59 Å². The third-order valence-corrected chi connectivity index (χ3v) is 4.98. The van der Waals surface area contributed by atoms with E-state index in [1.165, 1.54) is 11.8 Å². The number of carbonyl (C=O) groups is 2. The van der Waals surface area contributed by atoms with Gasteiger partial charge in [0.2, 0.25) is 0 Å². The number of nitriles is 1. The molecule has 0 bridgehead atoms. The summed E-state index contributed by atoms with van der Waals surface area (Å²) in [7, 11) is 0. The van der Waals surface area contributed by atoms with Gasteiger partial charge in [-0.05, 0) is 44.2 Å². The van der Waals surface area contributed by atoms with Gasteiger partial charge < -0.3 is 10.1 Å². The number of benzene rings is 1. The van der Waals surface area contributed by atoms with E-state index in [0.717, 1.165) is 23.3 Å². The van der Waals surface area contributed by atoms with Crippen molar-refractivity contribution >= 4 is 23.6 Å². The lowest BCUT2D eigenvalue weighted by molar-refractivity contribution is -0.146. The second kappa shape index (κ2) is 7.51. The molecular formula is C17H20N2O3S. The third-order valence-electron chi connectivity index (χ3n) is 3.83. The van der Waals surface area contributed by atoms with Gasteiger partial charge in [-0.2, -0.15) is 5.26 Å². The average Bonchev–Trinajstić information content (AvgIpc) is 3.37. The summed E-state index contributed by atoms with van der Waals surface area (Å²) in [5.74, 6) is -0.534. The Hall–Kier alpha value is -2.00. The van der Waals surface area contributed by atoms with Gasteiger partial charge in [0.05, 0.1) is 11.8 Å². The van der Waals surface area contributed by atoms with Crippen molar-refractivity contribution < 1.29 is 14.3 Å². The minimum Gasteiger partial charge on any atom is -0.455 e. The Morgan fingerprint density at radius 1 is 1.43 bits per heavy atom. The van der Waals surface area contributed by atoms with Crippen molar-refractivity contribution in [3.8, 4) is 6.07 Å². The molecule has 1 amide bonds. The van der Waals surface area contributed by atoms with Gasteiger partial charge >= 0.3 is 5.97 Å². The first kappa shape index (κ1) is 17.4. The number of thioether (sulfide) groups is 1. The van der Waals surface area contributed by atoms with Crippen LogP contribution in [0.4, 0.5) is 0 Å². The van der Waals surface area contributed by atoms with Crippen molar-refractivity contribution in [2.75, 3.05) is 12.4 Å². The number of hydrogen-bond donors (Lipinski definition) is 1. The summed E-state index contributed by atoms with van der Waals surface area (Å²) < 4.78 is 4.97. The lowest BCUT2D eigenvalue weighted by Gasteiger charge is -2.22. The van der Waals surface area contributed by atoms with Gasteiger partial charge in [0, 0.05) is 4.90 Å². The van der Waals surface area contributed by atoms with Crippen LogP contribution in [0.2, 0.25) is 0 Å². The zero-order chi connectivity index (χ0) is 16.9. The van der Waals surface area contributed by atoms with Crippen LogP contribution in [0.25, 0.3) is 0 Å². The normalized spacial score (nSPS) is 16.0. The fourth-order valence-electron chi connectivity index (χ4n) is 2.25. The number of amides is 1. The zero-order valence-electron chi connectivity index (χ0n) is 13.3. The Labute approximate surface area is 140 Å². The van der Waals surface area contributed by atoms with Gasteiger partial charge in [0.15, 0.2) is 6.61 Å². The quantitative estimate of drug-likeness (QED) is 0.613. The van der Waals surface area contributed by atoms with E-state index in [2.05, 4.69) is 11.4 Å². The Kier molecular flexibility index (Phi) is 5.67. The molecule has 1 aliphatic carbocycles. The van der Waals surface area contributed by atoms with Crippen molar-refractivity contribution in [2.45, 2.75) is 37.1 Å². The highest BCUT2D eigenvalue weighted by atomic mass is 32.2. The highest BCUT2D eigenvalue weighted by molar-refractivity contribution is 8.00. The summed E-state index contributed by atoms with van der Waals surface area (Å²) in [5.41, 5.74) is 0.233. The van der Waals surface area contributed by atoms with Crippen LogP contribution in [-0.2, 0) is 14.3 Å². The van der Waals surface area contributed by atoms with E-state index < -0.39 is 17.4 Å². The maximum Gasteiger partial charge on any atom is 0.316 e. The second-order valence-corrected chi connectivity index (χ2v) is 6.87. The molecule has 1 N–H and O–H groups in total. The Balaban J connectivity index is 1.73. The third kappa shape index (κ3) is 5.00. The van der Waals surface area contributed by atoms with Crippen LogP contribution < -0.4 is 5.32 Å². The molecule has 2 rings (SSSR count). The lowest BCUT2D eigenvalue weighted by atomic mass is 9.98. The maximum atomic E-state index is 11.8. The van der Waals surface area contributed by atoms with Crippen molar-refractivity contribution in [3.05, 3.63) is 29.8 Å². The molecule has 6 heteroatoms. The molecule has 0 unspecified atom stereocenters. The fourth-order valence-corrected chi connectivity index (χ4v) is 3.08. The zero-order valence-corrected chi connectivity index (χ0v) is 14.1. The van der Waals surface area contributed by atoms with E-state index in [4.69, 9.17) is 4.74 Å². The van der Waals surface area contributed by atoms with Crippen LogP contribution in [0.5, 0.6) is 0 Å². The highest BCUT2D eigenvalue weighted by Crippen LogP contribution is 2.39. The minimum absolute atomic E-state index is 0.149. The first-order chi connectivity index (χ1) is 10.9. The van der Waals surface area contributed by atoms with E-state index in [9.17, 15) is 14.9 Å². The highest BCUT2D eigenvalue weighted by Gasteiger charge is 2.43. The van der Waals surface area contributed by atoms with Crippen LogP contribution >= 0.6 is 11.8 Å². The topological polar surface area (TPSA) is 79.2 Å². The van der Waals surface area contributed by atoms with Crippen LogP contribution in [0.3, 0.4) is 0 Å². The Morgan fingerprint density at radius 2 is 2.13 bits per heavy atom. The summed E-state index contributed by atoms with van der Waals surface area (Å²) >= 11 is 1.38. The molecule has 0 aliphatic heterocycles. The number of ether oxygens (including phenoxy) is 1. The number of nitrogens with zero attached hydrogens (tertiary/aromatic N) is 1. The number of esters is 1. The molecule has 23 heavy (non-hydrogen) atoms.